The molecule has 0 aliphatic heterocycles. The van der Waals surface area contributed by atoms with Gasteiger partial charge in [0.15, 0.2) is 0 Å². The Hall–Kier alpha value is -5.92. The Balaban J connectivity index is 1.16. The summed E-state index contributed by atoms with van der Waals surface area (Å²) >= 11 is 0. The van der Waals surface area contributed by atoms with E-state index in [1.54, 1.807) is 0 Å². The van der Waals surface area contributed by atoms with Crippen LogP contribution in [0.1, 0.15) is 25.0 Å². The van der Waals surface area contributed by atoms with Gasteiger partial charge in [0, 0.05) is 16.2 Å². The van der Waals surface area contributed by atoms with Crippen molar-refractivity contribution in [1.29, 1.82) is 0 Å². The van der Waals surface area contributed by atoms with E-state index in [0.717, 1.165) is 21.9 Å². The van der Waals surface area contributed by atoms with Crippen LogP contribution in [0.4, 0.5) is 0 Å². The SMILES string of the molecule is CC1(C)c2cc(-c3ccc4ccc5cccc6ccc3c4c56)ccc2-c2c1cc1ccccc1c2-c1ccc2c(c1)oc1ccccc12. The van der Waals surface area contributed by atoms with E-state index in [0.29, 0.717) is 0 Å². The van der Waals surface area contributed by atoms with Crippen molar-refractivity contribution in [1.82, 2.24) is 0 Å². The third-order valence-corrected chi connectivity index (χ3v) is 11.2. The fourth-order valence-electron chi connectivity index (χ4n) is 8.88. The first-order chi connectivity index (χ1) is 23.5. The summed E-state index contributed by atoms with van der Waals surface area (Å²) in [5.41, 5.74) is 12.1. The van der Waals surface area contributed by atoms with E-state index in [2.05, 4.69) is 153 Å². The second kappa shape index (κ2) is 9.12. The van der Waals surface area contributed by atoms with Crippen LogP contribution in [0.2, 0.25) is 0 Å². The van der Waals surface area contributed by atoms with Crippen molar-refractivity contribution in [2.24, 2.45) is 0 Å². The number of rotatable bonds is 2. The fraction of sp³-hybridized carbons (Fsp3) is 0.0638. The lowest BCUT2D eigenvalue weighted by atomic mass is 9.80. The molecule has 0 unspecified atom stereocenters. The molecule has 0 saturated carbocycles. The maximum atomic E-state index is 6.40. The number of fused-ring (bicyclic) bond motifs is 7. The average Bonchev–Trinajstić information content (AvgIpc) is 3.60. The van der Waals surface area contributed by atoms with Gasteiger partial charge in [-0.15, -0.1) is 0 Å². The van der Waals surface area contributed by atoms with E-state index in [1.165, 1.54) is 87.6 Å². The number of para-hydroxylation sites is 1. The van der Waals surface area contributed by atoms with Gasteiger partial charge < -0.3 is 4.42 Å². The van der Waals surface area contributed by atoms with Gasteiger partial charge in [0.2, 0.25) is 0 Å². The molecule has 1 aliphatic carbocycles. The zero-order valence-electron chi connectivity index (χ0n) is 26.8. The van der Waals surface area contributed by atoms with Gasteiger partial charge in [-0.1, -0.05) is 129 Å². The molecule has 1 heterocycles. The van der Waals surface area contributed by atoms with Gasteiger partial charge >= 0.3 is 0 Å². The lowest BCUT2D eigenvalue weighted by molar-refractivity contribution is 0.661. The fourth-order valence-corrected chi connectivity index (χ4v) is 8.88. The Kier molecular flexibility index (Phi) is 4.97. The van der Waals surface area contributed by atoms with Crippen LogP contribution < -0.4 is 0 Å². The van der Waals surface area contributed by atoms with Gasteiger partial charge in [0.25, 0.3) is 0 Å². The average molecular weight is 611 g/mol. The molecule has 1 heteroatoms. The smallest absolute Gasteiger partial charge is 0.136 e. The van der Waals surface area contributed by atoms with Crippen LogP contribution in [-0.2, 0) is 5.41 Å². The standard InChI is InChI=1S/C47H30O/c1-47(2)39-24-31(33-20-16-29-15-14-27-9-7-10-28-17-22-37(33)44(29)43(27)28)18-23-38(39)46-40(47)25-30-8-3-4-11-34(30)45(46)32-19-21-36-35-12-5-6-13-41(35)48-42(36)26-32/h3-26H,1-2H3. The van der Waals surface area contributed by atoms with E-state index in [9.17, 15) is 0 Å². The second-order valence-electron chi connectivity index (χ2n) is 14.1. The van der Waals surface area contributed by atoms with Crippen molar-refractivity contribution in [2.45, 2.75) is 19.3 Å². The van der Waals surface area contributed by atoms with Crippen LogP contribution >= 0.6 is 0 Å². The summed E-state index contributed by atoms with van der Waals surface area (Å²) in [5.74, 6) is 0. The predicted molar refractivity (Wildman–Crippen MR) is 203 cm³/mol. The highest BCUT2D eigenvalue weighted by molar-refractivity contribution is 6.25. The van der Waals surface area contributed by atoms with Gasteiger partial charge in [0.05, 0.1) is 0 Å². The highest BCUT2D eigenvalue weighted by atomic mass is 16.3. The molecule has 1 nitrogen and oxygen atoms in total. The molecule has 10 aromatic rings. The predicted octanol–water partition coefficient (Wildman–Crippen LogP) is 13.3. The van der Waals surface area contributed by atoms with Gasteiger partial charge in [-0.25, -0.2) is 0 Å². The Bertz CT molecular complexity index is 2960. The van der Waals surface area contributed by atoms with Crippen LogP contribution in [0.25, 0.3) is 98.4 Å². The summed E-state index contributed by atoms with van der Waals surface area (Å²) in [6.07, 6.45) is 0. The van der Waals surface area contributed by atoms with E-state index < -0.39 is 0 Å². The number of furan rings is 1. The first-order valence-corrected chi connectivity index (χ1v) is 16.8. The minimum absolute atomic E-state index is 0.174. The summed E-state index contributed by atoms with van der Waals surface area (Å²) in [6.45, 7) is 4.79. The minimum Gasteiger partial charge on any atom is -0.456 e. The summed E-state index contributed by atoms with van der Waals surface area (Å²) in [6, 6.07) is 54.0. The molecule has 0 amide bonds. The molecule has 9 aromatic carbocycles. The molecule has 0 bridgehead atoms. The van der Waals surface area contributed by atoms with Gasteiger partial charge in [-0.05, 0) is 118 Å². The third kappa shape index (κ3) is 3.35. The van der Waals surface area contributed by atoms with Crippen LogP contribution in [-0.4, -0.2) is 0 Å². The van der Waals surface area contributed by atoms with Crippen molar-refractivity contribution in [3.05, 3.63) is 157 Å². The van der Waals surface area contributed by atoms with E-state index in [4.69, 9.17) is 4.42 Å². The van der Waals surface area contributed by atoms with Crippen molar-refractivity contribution in [3.63, 3.8) is 0 Å². The number of benzene rings is 9. The zero-order valence-corrected chi connectivity index (χ0v) is 26.8. The Morgan fingerprint density at radius 1 is 0.396 bits per heavy atom. The summed E-state index contributed by atoms with van der Waals surface area (Å²) in [7, 11) is 0. The second-order valence-corrected chi connectivity index (χ2v) is 14.1. The molecule has 0 N–H and O–H groups in total. The molecule has 1 aromatic heterocycles. The molecule has 48 heavy (non-hydrogen) atoms. The first-order valence-electron chi connectivity index (χ1n) is 16.8. The van der Waals surface area contributed by atoms with Crippen molar-refractivity contribution in [2.75, 3.05) is 0 Å². The number of hydrogen-bond acceptors (Lipinski definition) is 1. The molecular formula is C47H30O. The van der Waals surface area contributed by atoms with Crippen LogP contribution in [0.3, 0.4) is 0 Å². The van der Waals surface area contributed by atoms with E-state index in [-0.39, 0.29) is 5.41 Å². The van der Waals surface area contributed by atoms with Crippen molar-refractivity contribution < 1.29 is 4.42 Å². The van der Waals surface area contributed by atoms with E-state index >= 15 is 0 Å². The van der Waals surface area contributed by atoms with Crippen LogP contribution in [0.5, 0.6) is 0 Å². The van der Waals surface area contributed by atoms with Gasteiger partial charge in [-0.3, -0.25) is 0 Å². The van der Waals surface area contributed by atoms with Crippen molar-refractivity contribution >= 4 is 65.0 Å². The Morgan fingerprint density at radius 2 is 1.04 bits per heavy atom. The Morgan fingerprint density at radius 3 is 1.92 bits per heavy atom. The lowest BCUT2D eigenvalue weighted by Gasteiger charge is -2.23. The minimum atomic E-state index is -0.174. The maximum Gasteiger partial charge on any atom is 0.136 e. The summed E-state index contributed by atoms with van der Waals surface area (Å²) in [5, 5.41) is 12.8. The maximum absolute atomic E-state index is 6.40. The largest absolute Gasteiger partial charge is 0.456 e. The topological polar surface area (TPSA) is 13.1 Å². The summed E-state index contributed by atoms with van der Waals surface area (Å²) in [4.78, 5) is 0. The molecule has 1 aliphatic rings. The normalized spacial score (nSPS) is 13.8. The molecule has 11 rings (SSSR count). The molecule has 0 atom stereocenters. The van der Waals surface area contributed by atoms with Crippen LogP contribution in [0, 0.1) is 0 Å². The quantitative estimate of drug-likeness (QED) is 0.178. The third-order valence-electron chi connectivity index (χ3n) is 11.2. The first kappa shape index (κ1) is 26.2. The Labute approximate surface area is 278 Å². The molecular weight excluding hydrogens is 581 g/mol. The monoisotopic (exact) mass is 610 g/mol. The highest BCUT2D eigenvalue weighted by Gasteiger charge is 2.38. The molecule has 0 fully saturated rings. The molecule has 0 radical (unpaired) electrons. The summed E-state index contributed by atoms with van der Waals surface area (Å²) < 4.78 is 6.40. The zero-order chi connectivity index (χ0) is 31.7. The lowest BCUT2D eigenvalue weighted by Crippen LogP contribution is -2.15. The number of hydrogen-bond donors (Lipinski definition) is 0. The van der Waals surface area contributed by atoms with E-state index in [1.807, 2.05) is 6.07 Å². The molecule has 224 valence electrons. The van der Waals surface area contributed by atoms with Crippen LogP contribution in [0.15, 0.2) is 150 Å². The van der Waals surface area contributed by atoms with Crippen molar-refractivity contribution in [3.8, 4) is 33.4 Å². The molecule has 0 saturated heterocycles. The van der Waals surface area contributed by atoms with Gasteiger partial charge in [-0.2, -0.15) is 0 Å². The highest BCUT2D eigenvalue weighted by Crippen LogP contribution is 2.55. The van der Waals surface area contributed by atoms with Gasteiger partial charge in [0.1, 0.15) is 11.2 Å². The molecule has 0 spiro atoms.